The maximum atomic E-state index is 11.9. The van der Waals surface area contributed by atoms with Crippen LogP contribution >= 0.6 is 15.9 Å². The first-order valence-electron chi connectivity index (χ1n) is 7.81. The number of guanidine groups is 1. The second kappa shape index (κ2) is 9.08. The molecule has 0 saturated carbocycles. The van der Waals surface area contributed by atoms with Crippen LogP contribution in [-0.2, 0) is 4.79 Å². The van der Waals surface area contributed by atoms with Gasteiger partial charge in [-0.05, 0) is 56.3 Å². The molecule has 0 radical (unpaired) electrons. The molecule has 25 heavy (non-hydrogen) atoms. The first-order valence-corrected chi connectivity index (χ1v) is 8.61. The molecule has 2 rings (SSSR count). The summed E-state index contributed by atoms with van der Waals surface area (Å²) in [5.74, 6) is 0.704. The number of anilines is 2. The maximum absolute atomic E-state index is 11.9. The Bertz CT molecular complexity index is 745. The molecular weight excluding hydrogens is 384 g/mol. The quantitative estimate of drug-likeness (QED) is 0.506. The molecular formula is C18H21BrN4O2. The first-order chi connectivity index (χ1) is 11.9. The third kappa shape index (κ3) is 6.84. The number of nitrogens with one attached hydrogen (secondary N) is 2. The van der Waals surface area contributed by atoms with E-state index in [4.69, 9.17) is 10.5 Å². The number of carbonyl (C=O) groups is 1. The maximum Gasteiger partial charge on any atom is 0.246 e. The average molecular weight is 405 g/mol. The van der Waals surface area contributed by atoms with Crippen molar-refractivity contribution in [2.75, 3.05) is 17.2 Å². The Kier molecular flexibility index (Phi) is 6.82. The van der Waals surface area contributed by atoms with E-state index in [2.05, 4.69) is 31.6 Å². The number of carbonyl (C=O) groups excluding carboxylic acids is 1. The summed E-state index contributed by atoms with van der Waals surface area (Å²) in [6.45, 7) is 3.87. The summed E-state index contributed by atoms with van der Waals surface area (Å²) >= 11 is 3.35. The second-order valence-corrected chi connectivity index (χ2v) is 6.49. The van der Waals surface area contributed by atoms with Crippen molar-refractivity contribution in [3.8, 4) is 5.75 Å². The number of rotatable bonds is 6. The lowest BCUT2D eigenvalue weighted by Gasteiger charge is -2.11. The highest BCUT2D eigenvalue weighted by Gasteiger charge is 2.03. The van der Waals surface area contributed by atoms with Crippen LogP contribution in [0, 0.1) is 0 Å². The predicted molar refractivity (Wildman–Crippen MR) is 105 cm³/mol. The number of hydrogen-bond donors (Lipinski definition) is 3. The van der Waals surface area contributed by atoms with Gasteiger partial charge in [0, 0.05) is 15.8 Å². The van der Waals surface area contributed by atoms with Gasteiger partial charge in [-0.1, -0.05) is 22.0 Å². The van der Waals surface area contributed by atoms with Gasteiger partial charge in [-0.3, -0.25) is 4.79 Å². The highest BCUT2D eigenvalue weighted by atomic mass is 79.9. The molecule has 132 valence electrons. The normalized spacial score (nSPS) is 11.3. The summed E-state index contributed by atoms with van der Waals surface area (Å²) in [5, 5.41) is 5.69. The lowest BCUT2D eigenvalue weighted by molar-refractivity contribution is -0.114. The standard InChI is InChI=1S/C18H21BrN4O2/c1-12(2)25-16-8-6-14(7-9-16)23-18(20)21-11-17(24)22-15-5-3-4-13(19)10-15/h3-10,12H,11H2,1-2H3,(H,22,24)(H3,20,21,23). The summed E-state index contributed by atoms with van der Waals surface area (Å²) < 4.78 is 6.46. The number of amides is 1. The van der Waals surface area contributed by atoms with Crippen molar-refractivity contribution in [2.24, 2.45) is 10.7 Å². The number of aliphatic imine (C=N–C) groups is 1. The molecule has 7 heteroatoms. The van der Waals surface area contributed by atoms with Crippen LogP contribution in [0.5, 0.6) is 5.75 Å². The minimum Gasteiger partial charge on any atom is -0.491 e. The van der Waals surface area contributed by atoms with Crippen molar-refractivity contribution in [1.82, 2.24) is 0 Å². The van der Waals surface area contributed by atoms with Crippen LogP contribution in [0.15, 0.2) is 58.0 Å². The van der Waals surface area contributed by atoms with E-state index in [9.17, 15) is 4.79 Å². The molecule has 0 aliphatic heterocycles. The molecule has 4 N–H and O–H groups in total. The molecule has 0 fully saturated rings. The molecule has 2 aromatic rings. The van der Waals surface area contributed by atoms with Gasteiger partial charge in [-0.15, -0.1) is 0 Å². The lowest BCUT2D eigenvalue weighted by atomic mass is 10.3. The molecule has 0 atom stereocenters. The van der Waals surface area contributed by atoms with Crippen molar-refractivity contribution < 1.29 is 9.53 Å². The molecule has 2 aromatic carbocycles. The Labute approximate surface area is 155 Å². The van der Waals surface area contributed by atoms with E-state index in [0.29, 0.717) is 5.69 Å². The monoisotopic (exact) mass is 404 g/mol. The number of nitrogens with two attached hydrogens (primary N) is 1. The zero-order chi connectivity index (χ0) is 18.2. The Morgan fingerprint density at radius 1 is 1.16 bits per heavy atom. The Balaban J connectivity index is 1.85. The van der Waals surface area contributed by atoms with Gasteiger partial charge >= 0.3 is 0 Å². The SMILES string of the molecule is CC(C)Oc1ccc(NC(N)=NCC(=O)Nc2cccc(Br)c2)cc1. The fourth-order valence-electron chi connectivity index (χ4n) is 2.00. The van der Waals surface area contributed by atoms with Crippen LogP contribution in [-0.4, -0.2) is 24.5 Å². The van der Waals surface area contributed by atoms with Gasteiger partial charge in [0.1, 0.15) is 12.3 Å². The van der Waals surface area contributed by atoms with Gasteiger partial charge in [-0.25, -0.2) is 4.99 Å². The fraction of sp³-hybridized carbons (Fsp3) is 0.222. The molecule has 0 saturated heterocycles. The van der Waals surface area contributed by atoms with Crippen LogP contribution in [0.1, 0.15) is 13.8 Å². The zero-order valence-corrected chi connectivity index (χ0v) is 15.7. The highest BCUT2D eigenvalue weighted by Crippen LogP contribution is 2.17. The molecule has 0 heterocycles. The average Bonchev–Trinajstić information content (AvgIpc) is 2.54. The molecule has 0 aliphatic carbocycles. The zero-order valence-electron chi connectivity index (χ0n) is 14.1. The van der Waals surface area contributed by atoms with E-state index >= 15 is 0 Å². The lowest BCUT2D eigenvalue weighted by Crippen LogP contribution is -2.25. The summed E-state index contributed by atoms with van der Waals surface area (Å²) in [5.41, 5.74) is 7.27. The van der Waals surface area contributed by atoms with Gasteiger partial charge in [-0.2, -0.15) is 0 Å². The van der Waals surface area contributed by atoms with Crippen LogP contribution in [0.2, 0.25) is 0 Å². The van der Waals surface area contributed by atoms with Gasteiger partial charge < -0.3 is 21.1 Å². The summed E-state index contributed by atoms with van der Waals surface area (Å²) in [6, 6.07) is 14.7. The van der Waals surface area contributed by atoms with Crippen molar-refractivity contribution in [3.63, 3.8) is 0 Å². The van der Waals surface area contributed by atoms with Gasteiger partial charge in [0.25, 0.3) is 0 Å². The van der Waals surface area contributed by atoms with Crippen molar-refractivity contribution in [3.05, 3.63) is 53.0 Å². The van der Waals surface area contributed by atoms with Crippen molar-refractivity contribution >= 4 is 39.2 Å². The molecule has 1 amide bonds. The minimum absolute atomic E-state index is 0.0696. The summed E-state index contributed by atoms with van der Waals surface area (Å²) in [7, 11) is 0. The molecule has 0 aliphatic rings. The number of halogens is 1. The first kappa shape index (κ1) is 18.8. The Hall–Kier alpha value is -2.54. The number of ether oxygens (including phenoxy) is 1. The smallest absolute Gasteiger partial charge is 0.246 e. The molecule has 0 unspecified atom stereocenters. The highest BCUT2D eigenvalue weighted by molar-refractivity contribution is 9.10. The number of nitrogens with zero attached hydrogens (tertiary/aromatic N) is 1. The number of benzene rings is 2. The van der Waals surface area contributed by atoms with Crippen LogP contribution in [0.3, 0.4) is 0 Å². The van der Waals surface area contributed by atoms with Gasteiger partial charge in [0.05, 0.1) is 6.10 Å². The second-order valence-electron chi connectivity index (χ2n) is 5.58. The molecule has 0 bridgehead atoms. The molecule has 6 nitrogen and oxygen atoms in total. The van der Waals surface area contributed by atoms with E-state index in [1.165, 1.54) is 0 Å². The van der Waals surface area contributed by atoms with E-state index < -0.39 is 0 Å². The summed E-state index contributed by atoms with van der Waals surface area (Å²) in [6.07, 6.45) is 0.120. The largest absolute Gasteiger partial charge is 0.491 e. The third-order valence-corrected chi connectivity index (χ3v) is 3.49. The van der Waals surface area contributed by atoms with Crippen LogP contribution < -0.4 is 21.1 Å². The van der Waals surface area contributed by atoms with Crippen LogP contribution in [0.4, 0.5) is 11.4 Å². The minimum atomic E-state index is -0.247. The van der Waals surface area contributed by atoms with Gasteiger partial charge in [0.2, 0.25) is 5.91 Å². The van der Waals surface area contributed by atoms with E-state index in [1.54, 1.807) is 6.07 Å². The van der Waals surface area contributed by atoms with E-state index in [1.807, 2.05) is 56.3 Å². The fourth-order valence-corrected chi connectivity index (χ4v) is 2.40. The van der Waals surface area contributed by atoms with E-state index in [0.717, 1.165) is 15.9 Å². The third-order valence-electron chi connectivity index (χ3n) is 3.00. The number of hydrogen-bond acceptors (Lipinski definition) is 3. The topological polar surface area (TPSA) is 88.7 Å². The Morgan fingerprint density at radius 2 is 1.88 bits per heavy atom. The predicted octanol–water partition coefficient (Wildman–Crippen LogP) is 3.60. The molecule has 0 spiro atoms. The van der Waals surface area contributed by atoms with Crippen molar-refractivity contribution in [1.29, 1.82) is 0 Å². The van der Waals surface area contributed by atoms with Crippen molar-refractivity contribution in [2.45, 2.75) is 20.0 Å². The summed E-state index contributed by atoms with van der Waals surface area (Å²) in [4.78, 5) is 15.9. The van der Waals surface area contributed by atoms with Gasteiger partial charge in [0.15, 0.2) is 5.96 Å². The molecule has 0 aromatic heterocycles. The van der Waals surface area contributed by atoms with Crippen LogP contribution in [0.25, 0.3) is 0 Å². The van der Waals surface area contributed by atoms with E-state index in [-0.39, 0.29) is 24.5 Å². The Morgan fingerprint density at radius 3 is 2.52 bits per heavy atom.